The van der Waals surface area contributed by atoms with Gasteiger partial charge in [-0.05, 0) is 36.1 Å². The van der Waals surface area contributed by atoms with Crippen molar-refractivity contribution in [3.05, 3.63) is 57.8 Å². The monoisotopic (exact) mass is 444 g/mol. The van der Waals surface area contributed by atoms with E-state index in [-0.39, 0.29) is 24.0 Å². The maximum atomic E-state index is 11.0. The molecular formula is C16H21IN4OS. The normalized spacial score (nSPS) is 10.7. The molecule has 1 aromatic heterocycles. The highest BCUT2D eigenvalue weighted by molar-refractivity contribution is 14.0. The van der Waals surface area contributed by atoms with Gasteiger partial charge in [-0.25, -0.2) is 4.99 Å². The lowest BCUT2D eigenvalue weighted by Crippen LogP contribution is -2.36. The van der Waals surface area contributed by atoms with Crippen molar-refractivity contribution < 1.29 is 4.79 Å². The first-order valence-electron chi connectivity index (χ1n) is 7.12. The molecular weight excluding hydrogens is 423 g/mol. The van der Waals surface area contributed by atoms with Crippen LogP contribution in [0.4, 0.5) is 0 Å². The molecule has 0 bridgehead atoms. The second kappa shape index (κ2) is 10.2. The third-order valence-electron chi connectivity index (χ3n) is 3.01. The van der Waals surface area contributed by atoms with Gasteiger partial charge in [-0.15, -0.1) is 35.3 Å². The van der Waals surface area contributed by atoms with Crippen LogP contribution in [0, 0.1) is 0 Å². The molecule has 0 saturated heterocycles. The highest BCUT2D eigenvalue weighted by Gasteiger charge is 2.01. The van der Waals surface area contributed by atoms with E-state index in [1.165, 1.54) is 4.88 Å². The minimum atomic E-state index is -0.416. The molecule has 0 atom stereocenters. The van der Waals surface area contributed by atoms with Crippen molar-refractivity contribution in [2.75, 3.05) is 6.54 Å². The van der Waals surface area contributed by atoms with Crippen LogP contribution in [0.3, 0.4) is 0 Å². The van der Waals surface area contributed by atoms with Crippen LogP contribution >= 0.6 is 35.3 Å². The van der Waals surface area contributed by atoms with Gasteiger partial charge < -0.3 is 16.4 Å². The van der Waals surface area contributed by atoms with E-state index in [1.54, 1.807) is 23.5 Å². The molecule has 2 aromatic rings. The molecule has 23 heavy (non-hydrogen) atoms. The molecule has 0 unspecified atom stereocenters. The van der Waals surface area contributed by atoms with E-state index in [0.717, 1.165) is 24.6 Å². The number of nitrogens with two attached hydrogens (primary N) is 1. The molecule has 5 nitrogen and oxygen atoms in total. The van der Waals surface area contributed by atoms with E-state index in [1.807, 2.05) is 25.1 Å². The van der Waals surface area contributed by atoms with Crippen LogP contribution in [0.2, 0.25) is 0 Å². The summed E-state index contributed by atoms with van der Waals surface area (Å²) >= 11 is 1.71. The van der Waals surface area contributed by atoms with Gasteiger partial charge in [0.2, 0.25) is 5.91 Å². The molecule has 4 N–H and O–H groups in total. The Morgan fingerprint density at radius 3 is 2.52 bits per heavy atom. The summed E-state index contributed by atoms with van der Waals surface area (Å²) in [5.74, 6) is 0.357. The van der Waals surface area contributed by atoms with Crippen LogP contribution in [0.25, 0.3) is 0 Å². The average molecular weight is 444 g/mol. The highest BCUT2D eigenvalue weighted by Crippen LogP contribution is 2.08. The number of nitrogens with one attached hydrogen (secondary N) is 2. The van der Waals surface area contributed by atoms with Gasteiger partial charge >= 0.3 is 0 Å². The lowest BCUT2D eigenvalue weighted by Gasteiger charge is -2.10. The summed E-state index contributed by atoms with van der Waals surface area (Å²) in [6, 6.07) is 11.3. The maximum absolute atomic E-state index is 11.0. The van der Waals surface area contributed by atoms with Gasteiger partial charge in [0, 0.05) is 17.0 Å². The molecule has 0 aliphatic carbocycles. The maximum Gasteiger partial charge on any atom is 0.248 e. The van der Waals surface area contributed by atoms with Crippen molar-refractivity contribution >= 4 is 47.2 Å². The van der Waals surface area contributed by atoms with Crippen LogP contribution in [0.5, 0.6) is 0 Å². The van der Waals surface area contributed by atoms with Crippen molar-refractivity contribution in [2.24, 2.45) is 10.7 Å². The Morgan fingerprint density at radius 2 is 1.96 bits per heavy atom. The second-order valence-electron chi connectivity index (χ2n) is 4.69. The first-order valence-corrected chi connectivity index (χ1v) is 8.00. The summed E-state index contributed by atoms with van der Waals surface area (Å²) in [5, 5.41) is 8.57. The summed E-state index contributed by atoms with van der Waals surface area (Å²) in [5.41, 5.74) is 6.76. The third kappa shape index (κ3) is 6.57. The molecule has 0 saturated carbocycles. The minimum absolute atomic E-state index is 0. The van der Waals surface area contributed by atoms with E-state index in [0.29, 0.717) is 12.1 Å². The molecule has 0 aliphatic heterocycles. The lowest BCUT2D eigenvalue weighted by atomic mass is 10.1. The van der Waals surface area contributed by atoms with E-state index < -0.39 is 5.91 Å². The van der Waals surface area contributed by atoms with Gasteiger partial charge in [-0.3, -0.25) is 4.79 Å². The Labute approximate surface area is 157 Å². The SMILES string of the molecule is CCNC(=NCc1ccc(C(N)=O)cc1)NCc1cccs1.I. The number of carbonyl (C=O) groups excluding carboxylic acids is 1. The van der Waals surface area contributed by atoms with Crippen molar-refractivity contribution in [3.8, 4) is 0 Å². The number of benzene rings is 1. The standard InChI is InChI=1S/C16H20N4OS.HI/c1-2-18-16(20-11-14-4-3-9-22-14)19-10-12-5-7-13(8-6-12)15(17)21;/h3-9H,2,10-11H2,1H3,(H2,17,21)(H2,18,19,20);1H. The Bertz CT molecular complexity index is 626. The number of rotatable bonds is 6. The fourth-order valence-corrected chi connectivity index (χ4v) is 2.52. The predicted molar refractivity (Wildman–Crippen MR) is 106 cm³/mol. The Morgan fingerprint density at radius 1 is 1.22 bits per heavy atom. The smallest absolute Gasteiger partial charge is 0.248 e. The number of halogens is 1. The van der Waals surface area contributed by atoms with Crippen LogP contribution in [-0.2, 0) is 13.1 Å². The Kier molecular flexibility index (Phi) is 8.64. The number of thiophene rings is 1. The van der Waals surface area contributed by atoms with Crippen LogP contribution in [0.1, 0.15) is 27.7 Å². The van der Waals surface area contributed by atoms with Crippen molar-refractivity contribution in [2.45, 2.75) is 20.0 Å². The quantitative estimate of drug-likeness (QED) is 0.364. The van der Waals surface area contributed by atoms with E-state index in [2.05, 4.69) is 27.1 Å². The van der Waals surface area contributed by atoms with Crippen LogP contribution in [0.15, 0.2) is 46.8 Å². The van der Waals surface area contributed by atoms with Gasteiger partial charge in [0.1, 0.15) is 0 Å². The molecule has 0 fully saturated rings. The zero-order valence-corrected chi connectivity index (χ0v) is 16.1. The molecule has 1 heterocycles. The highest BCUT2D eigenvalue weighted by atomic mass is 127. The number of carbonyl (C=O) groups is 1. The summed E-state index contributed by atoms with van der Waals surface area (Å²) in [6.07, 6.45) is 0. The zero-order valence-electron chi connectivity index (χ0n) is 12.9. The second-order valence-corrected chi connectivity index (χ2v) is 5.72. The minimum Gasteiger partial charge on any atom is -0.366 e. The lowest BCUT2D eigenvalue weighted by molar-refractivity contribution is 0.100. The van der Waals surface area contributed by atoms with Crippen LogP contribution in [-0.4, -0.2) is 18.4 Å². The van der Waals surface area contributed by atoms with Crippen LogP contribution < -0.4 is 16.4 Å². The summed E-state index contributed by atoms with van der Waals surface area (Å²) in [4.78, 5) is 16.8. The molecule has 0 radical (unpaired) electrons. The van der Waals surface area contributed by atoms with E-state index >= 15 is 0 Å². The average Bonchev–Trinajstić information content (AvgIpc) is 3.04. The Hall–Kier alpha value is -1.61. The van der Waals surface area contributed by atoms with Crippen molar-refractivity contribution in [1.82, 2.24) is 10.6 Å². The van der Waals surface area contributed by atoms with Crippen molar-refractivity contribution in [1.29, 1.82) is 0 Å². The molecule has 0 aliphatic rings. The molecule has 2 rings (SSSR count). The summed E-state index contributed by atoms with van der Waals surface area (Å²) in [7, 11) is 0. The fraction of sp³-hybridized carbons (Fsp3) is 0.250. The number of aliphatic imine (C=N–C) groups is 1. The van der Waals surface area contributed by atoms with E-state index in [4.69, 9.17) is 5.73 Å². The number of primary amides is 1. The molecule has 1 amide bonds. The van der Waals surface area contributed by atoms with Gasteiger partial charge in [-0.2, -0.15) is 0 Å². The largest absolute Gasteiger partial charge is 0.366 e. The first-order chi connectivity index (χ1) is 10.7. The third-order valence-corrected chi connectivity index (χ3v) is 3.89. The molecule has 7 heteroatoms. The van der Waals surface area contributed by atoms with Gasteiger partial charge in [0.05, 0.1) is 13.1 Å². The molecule has 0 spiro atoms. The van der Waals surface area contributed by atoms with Gasteiger partial charge in [0.15, 0.2) is 5.96 Å². The van der Waals surface area contributed by atoms with Gasteiger partial charge in [0.25, 0.3) is 0 Å². The molecule has 1 aromatic carbocycles. The number of guanidine groups is 1. The number of amides is 1. The van der Waals surface area contributed by atoms with E-state index in [9.17, 15) is 4.79 Å². The number of nitrogens with zero attached hydrogens (tertiary/aromatic N) is 1. The topological polar surface area (TPSA) is 79.5 Å². The fourth-order valence-electron chi connectivity index (χ4n) is 1.87. The Balaban J connectivity index is 0.00000264. The first kappa shape index (κ1) is 19.4. The predicted octanol–water partition coefficient (Wildman–Crippen LogP) is 2.72. The van der Waals surface area contributed by atoms with Gasteiger partial charge in [-0.1, -0.05) is 18.2 Å². The molecule has 124 valence electrons. The zero-order chi connectivity index (χ0) is 15.8. The number of hydrogen-bond acceptors (Lipinski definition) is 3. The summed E-state index contributed by atoms with van der Waals surface area (Å²) < 4.78 is 0. The number of hydrogen-bond donors (Lipinski definition) is 3. The van der Waals surface area contributed by atoms with Crippen molar-refractivity contribution in [3.63, 3.8) is 0 Å². The summed E-state index contributed by atoms with van der Waals surface area (Å²) in [6.45, 7) is 4.13.